The van der Waals surface area contributed by atoms with Crippen LogP contribution in [0.5, 0.6) is 0 Å². The summed E-state index contributed by atoms with van der Waals surface area (Å²) in [5.41, 5.74) is 3.54. The summed E-state index contributed by atoms with van der Waals surface area (Å²) in [6, 6.07) is 7.53. The molecule has 0 unspecified atom stereocenters. The quantitative estimate of drug-likeness (QED) is 0.199. The fourth-order valence-corrected chi connectivity index (χ4v) is 4.47. The van der Waals surface area contributed by atoms with Crippen molar-refractivity contribution in [1.82, 2.24) is 34.8 Å². The first-order chi connectivity index (χ1) is 20.6. The molecule has 43 heavy (non-hydrogen) atoms. The Hall–Kier alpha value is -4.67. The molecule has 0 saturated carbocycles. The van der Waals surface area contributed by atoms with E-state index in [0.29, 0.717) is 61.0 Å². The van der Waals surface area contributed by atoms with Gasteiger partial charge in [-0.1, -0.05) is 18.5 Å². The van der Waals surface area contributed by atoms with E-state index in [-0.39, 0.29) is 17.6 Å². The molecule has 4 rings (SSSR count). The topological polar surface area (TPSA) is 160 Å². The van der Waals surface area contributed by atoms with Crippen molar-refractivity contribution in [2.45, 2.75) is 46.3 Å². The van der Waals surface area contributed by atoms with Gasteiger partial charge in [0, 0.05) is 42.9 Å². The van der Waals surface area contributed by atoms with Gasteiger partial charge < -0.3 is 25.4 Å². The van der Waals surface area contributed by atoms with Crippen molar-refractivity contribution in [2.24, 2.45) is 0 Å². The number of nitriles is 1. The fourth-order valence-electron chi connectivity index (χ4n) is 4.23. The van der Waals surface area contributed by atoms with Gasteiger partial charge >= 0.3 is 6.09 Å². The van der Waals surface area contributed by atoms with Crippen molar-refractivity contribution < 1.29 is 19.1 Å². The van der Waals surface area contributed by atoms with Crippen LogP contribution in [-0.4, -0.2) is 68.1 Å². The lowest BCUT2D eigenvalue weighted by Gasteiger charge is -2.19. The van der Waals surface area contributed by atoms with E-state index in [4.69, 9.17) is 26.3 Å². The second-order valence-corrected chi connectivity index (χ2v) is 10.8. The Balaban J connectivity index is 1.34. The summed E-state index contributed by atoms with van der Waals surface area (Å²) in [5.74, 6) is 0.317. The van der Waals surface area contributed by atoms with Crippen LogP contribution in [0.3, 0.4) is 0 Å². The van der Waals surface area contributed by atoms with Gasteiger partial charge in [-0.15, -0.1) is 0 Å². The highest BCUT2D eigenvalue weighted by atomic mass is 35.5. The number of rotatable bonds is 12. The number of alkyl carbamates (subject to hydrolysis) is 1. The number of carbonyl (C=O) groups is 2. The van der Waals surface area contributed by atoms with Crippen molar-refractivity contribution >= 4 is 40.8 Å². The Kier molecular flexibility index (Phi) is 10.2. The Morgan fingerprint density at radius 2 is 1.91 bits per heavy atom. The Bertz CT molecular complexity index is 1640. The van der Waals surface area contributed by atoms with E-state index in [1.54, 1.807) is 51.6 Å². The monoisotopic (exact) mass is 607 g/mol. The molecule has 226 valence electrons. The number of aromatic nitrogens is 5. The number of hydrogen-bond donors (Lipinski definition) is 3. The largest absolute Gasteiger partial charge is 0.444 e. The molecule has 2 amide bonds. The minimum Gasteiger partial charge on any atom is -0.444 e. The van der Waals surface area contributed by atoms with Crippen LogP contribution >= 0.6 is 11.6 Å². The van der Waals surface area contributed by atoms with E-state index in [2.05, 4.69) is 31.0 Å². The third-order valence-corrected chi connectivity index (χ3v) is 6.37. The number of amides is 2. The van der Waals surface area contributed by atoms with Crippen molar-refractivity contribution in [3.8, 4) is 17.3 Å². The molecule has 0 aliphatic heterocycles. The zero-order chi connectivity index (χ0) is 31.0. The van der Waals surface area contributed by atoms with Gasteiger partial charge in [-0.2, -0.15) is 10.4 Å². The van der Waals surface area contributed by atoms with Crippen LogP contribution in [-0.2, 0) is 22.4 Å². The molecule has 14 heteroatoms. The SMILES string of the molecule is CCc1cc(Nc2nccn3c(-c4cn(CC#N)nc4Cl)cnc23)ccc1C(=O)NCCOCCNC(=O)OC(C)(C)C. The van der Waals surface area contributed by atoms with Gasteiger partial charge in [-0.25, -0.2) is 14.8 Å². The van der Waals surface area contributed by atoms with Crippen LogP contribution in [0.2, 0.25) is 5.15 Å². The molecule has 0 bridgehead atoms. The van der Waals surface area contributed by atoms with E-state index in [1.165, 1.54) is 4.68 Å². The molecule has 0 saturated heterocycles. The highest BCUT2D eigenvalue weighted by Crippen LogP contribution is 2.30. The number of aryl methyl sites for hydroxylation is 1. The molecule has 4 aromatic rings. The molecule has 0 radical (unpaired) electrons. The van der Waals surface area contributed by atoms with E-state index in [0.717, 1.165) is 11.3 Å². The first-order valence-corrected chi connectivity index (χ1v) is 14.1. The Morgan fingerprint density at radius 1 is 1.14 bits per heavy atom. The summed E-state index contributed by atoms with van der Waals surface area (Å²) >= 11 is 6.33. The number of benzene rings is 1. The zero-order valence-corrected chi connectivity index (χ0v) is 25.2. The highest BCUT2D eigenvalue weighted by Gasteiger charge is 2.18. The number of nitrogens with one attached hydrogen (secondary N) is 3. The van der Waals surface area contributed by atoms with Gasteiger partial charge in [-0.3, -0.25) is 13.9 Å². The van der Waals surface area contributed by atoms with Crippen molar-refractivity contribution in [2.75, 3.05) is 31.6 Å². The normalized spacial score (nSPS) is 11.3. The number of carbonyl (C=O) groups excluding carboxylic acids is 2. The third kappa shape index (κ3) is 8.21. The summed E-state index contributed by atoms with van der Waals surface area (Å²) in [6.07, 6.45) is 6.94. The van der Waals surface area contributed by atoms with Crippen LogP contribution in [0, 0.1) is 11.3 Å². The minimum atomic E-state index is -0.558. The Labute approximate surface area is 254 Å². The first kappa shape index (κ1) is 31.3. The standard InChI is InChI=1S/C29H34ClN9O4/c1-5-19-16-20(6-7-21(19)27(40)33-10-14-42-15-11-34-28(41)43-29(2,3)4)36-25-26-35-17-23(39(26)13-9-32-25)22-18-38(12-8-31)37-24(22)30/h6-7,9,13,16-18H,5,10-12,14-15H2,1-4H3,(H,32,36)(H,33,40)(H,34,41). The number of nitrogens with zero attached hydrogens (tertiary/aromatic N) is 6. The Morgan fingerprint density at radius 3 is 2.63 bits per heavy atom. The molecule has 13 nitrogen and oxygen atoms in total. The van der Waals surface area contributed by atoms with E-state index >= 15 is 0 Å². The van der Waals surface area contributed by atoms with Crippen LogP contribution in [0.15, 0.2) is 43.0 Å². The van der Waals surface area contributed by atoms with Gasteiger partial charge in [0.05, 0.1) is 36.7 Å². The van der Waals surface area contributed by atoms with Crippen LogP contribution in [0.4, 0.5) is 16.3 Å². The number of anilines is 2. The van der Waals surface area contributed by atoms with Crippen molar-refractivity contribution in [1.29, 1.82) is 5.26 Å². The lowest BCUT2D eigenvalue weighted by molar-refractivity contribution is 0.0500. The van der Waals surface area contributed by atoms with E-state index in [9.17, 15) is 9.59 Å². The number of hydrogen-bond acceptors (Lipinski definition) is 9. The molecule has 0 aliphatic carbocycles. The summed E-state index contributed by atoms with van der Waals surface area (Å²) in [5, 5.41) is 22.2. The number of imidazole rings is 1. The van der Waals surface area contributed by atoms with Gasteiger partial charge in [0.2, 0.25) is 0 Å². The third-order valence-electron chi connectivity index (χ3n) is 6.09. The average Bonchev–Trinajstić information content (AvgIpc) is 3.54. The molecular weight excluding hydrogens is 574 g/mol. The number of fused-ring (bicyclic) bond motifs is 1. The molecular formula is C29H34ClN9O4. The molecule has 0 fully saturated rings. The lowest BCUT2D eigenvalue weighted by atomic mass is 10.0. The smallest absolute Gasteiger partial charge is 0.407 e. The zero-order valence-electron chi connectivity index (χ0n) is 24.5. The molecule has 0 aliphatic rings. The van der Waals surface area contributed by atoms with Crippen LogP contribution < -0.4 is 16.0 Å². The second kappa shape index (κ2) is 14.0. The summed E-state index contributed by atoms with van der Waals surface area (Å²) in [7, 11) is 0. The lowest BCUT2D eigenvalue weighted by Crippen LogP contribution is -2.34. The predicted molar refractivity (Wildman–Crippen MR) is 161 cm³/mol. The maximum atomic E-state index is 12.9. The van der Waals surface area contributed by atoms with Gasteiger partial charge in [0.25, 0.3) is 5.91 Å². The minimum absolute atomic E-state index is 0.0848. The summed E-state index contributed by atoms with van der Waals surface area (Å²) in [4.78, 5) is 33.5. The first-order valence-electron chi connectivity index (χ1n) is 13.7. The van der Waals surface area contributed by atoms with Crippen molar-refractivity contribution in [3.05, 3.63) is 59.3 Å². The van der Waals surface area contributed by atoms with E-state index < -0.39 is 11.7 Å². The van der Waals surface area contributed by atoms with Crippen molar-refractivity contribution in [3.63, 3.8) is 0 Å². The van der Waals surface area contributed by atoms with Crippen LogP contribution in [0.25, 0.3) is 16.9 Å². The highest BCUT2D eigenvalue weighted by molar-refractivity contribution is 6.32. The molecule has 3 heterocycles. The molecule has 3 N–H and O–H groups in total. The fraction of sp³-hybridized carbons (Fsp3) is 0.379. The maximum absolute atomic E-state index is 12.9. The molecule has 0 atom stereocenters. The molecule has 3 aromatic heterocycles. The van der Waals surface area contributed by atoms with Gasteiger partial charge in [-0.05, 0) is 51.0 Å². The molecule has 0 spiro atoms. The summed E-state index contributed by atoms with van der Waals surface area (Å²) in [6.45, 7) is 8.68. The maximum Gasteiger partial charge on any atom is 0.407 e. The number of halogens is 1. The van der Waals surface area contributed by atoms with Gasteiger partial charge in [0.15, 0.2) is 16.6 Å². The second-order valence-electron chi connectivity index (χ2n) is 10.4. The molecule has 1 aromatic carbocycles. The number of ether oxygens (including phenoxy) is 2. The van der Waals surface area contributed by atoms with E-state index in [1.807, 2.05) is 29.5 Å². The average molecular weight is 608 g/mol. The van der Waals surface area contributed by atoms with Crippen LogP contribution in [0.1, 0.15) is 43.6 Å². The predicted octanol–water partition coefficient (Wildman–Crippen LogP) is 4.35. The summed E-state index contributed by atoms with van der Waals surface area (Å²) < 4.78 is 14.0. The van der Waals surface area contributed by atoms with Gasteiger partial charge in [0.1, 0.15) is 12.1 Å².